The number of hydrogen-bond acceptors (Lipinski definition) is 3. The number of benzene rings is 1. The normalized spacial score (nSPS) is 25.4. The van der Waals surface area contributed by atoms with E-state index in [4.69, 9.17) is 4.74 Å². The molecule has 2 saturated heterocycles. The zero-order valence-corrected chi connectivity index (χ0v) is 11.6. The van der Waals surface area contributed by atoms with Crippen molar-refractivity contribution in [1.82, 2.24) is 10.2 Å². The van der Waals surface area contributed by atoms with Crippen LogP contribution in [0.5, 0.6) is 5.75 Å². The van der Waals surface area contributed by atoms with Crippen LogP contribution in [-0.2, 0) is 0 Å². The molecule has 2 heterocycles. The van der Waals surface area contributed by atoms with E-state index in [1.807, 2.05) is 0 Å². The Hall–Kier alpha value is -1.62. The van der Waals surface area contributed by atoms with Gasteiger partial charge in [0, 0.05) is 19.1 Å². The third kappa shape index (κ3) is 2.26. The van der Waals surface area contributed by atoms with Gasteiger partial charge in [-0.15, -0.1) is 0 Å². The standard InChI is InChI=1S/C15H19FN2O2/c1-20-13-6-2-5-11(16)14(13)15(19)18-8-10-4-3-7-17-12(10)9-18/h2,5-6,10,12,17H,3-4,7-9H2,1H3/t10-,12+/m0/s1. The Morgan fingerprint density at radius 1 is 1.45 bits per heavy atom. The molecule has 108 valence electrons. The molecule has 1 N–H and O–H groups in total. The lowest BCUT2D eigenvalue weighted by molar-refractivity contribution is 0.0777. The maximum Gasteiger partial charge on any atom is 0.260 e. The summed E-state index contributed by atoms with van der Waals surface area (Å²) in [4.78, 5) is 14.3. The third-order valence-electron chi connectivity index (χ3n) is 4.30. The van der Waals surface area contributed by atoms with E-state index < -0.39 is 5.82 Å². The second kappa shape index (κ2) is 5.40. The predicted molar refractivity (Wildman–Crippen MR) is 73.4 cm³/mol. The van der Waals surface area contributed by atoms with Crippen LogP contribution in [0, 0.1) is 11.7 Å². The van der Waals surface area contributed by atoms with Crippen LogP contribution in [0.2, 0.25) is 0 Å². The number of methoxy groups -OCH3 is 1. The first-order chi connectivity index (χ1) is 9.70. The van der Waals surface area contributed by atoms with E-state index in [0.29, 0.717) is 30.8 Å². The highest BCUT2D eigenvalue weighted by atomic mass is 19.1. The fourth-order valence-corrected chi connectivity index (χ4v) is 3.25. The second-order valence-corrected chi connectivity index (χ2v) is 5.49. The first-order valence-corrected chi connectivity index (χ1v) is 7.06. The number of piperidine rings is 1. The fourth-order valence-electron chi connectivity index (χ4n) is 3.25. The molecule has 3 rings (SSSR count). The molecule has 5 heteroatoms. The van der Waals surface area contributed by atoms with Gasteiger partial charge in [0.05, 0.1) is 7.11 Å². The highest BCUT2D eigenvalue weighted by molar-refractivity contribution is 5.97. The fraction of sp³-hybridized carbons (Fsp3) is 0.533. The number of likely N-dealkylation sites (tertiary alicyclic amines) is 1. The van der Waals surface area contributed by atoms with Gasteiger partial charge in [0.2, 0.25) is 0 Å². The minimum absolute atomic E-state index is 0.0497. The largest absolute Gasteiger partial charge is 0.496 e. The second-order valence-electron chi connectivity index (χ2n) is 5.49. The van der Waals surface area contributed by atoms with E-state index in [2.05, 4.69) is 5.32 Å². The average Bonchev–Trinajstić information content (AvgIpc) is 2.90. The smallest absolute Gasteiger partial charge is 0.260 e. The van der Waals surface area contributed by atoms with Crippen LogP contribution >= 0.6 is 0 Å². The number of hydrogen-bond donors (Lipinski definition) is 1. The lowest BCUT2D eigenvalue weighted by atomic mass is 9.94. The zero-order valence-electron chi connectivity index (χ0n) is 11.6. The van der Waals surface area contributed by atoms with E-state index in [0.717, 1.165) is 19.4 Å². The maximum atomic E-state index is 14.0. The first kappa shape index (κ1) is 13.4. The Balaban J connectivity index is 1.83. The molecule has 2 aliphatic heterocycles. The number of rotatable bonds is 2. The molecule has 1 aromatic rings. The average molecular weight is 278 g/mol. The van der Waals surface area contributed by atoms with Crippen LogP contribution in [0.4, 0.5) is 4.39 Å². The van der Waals surface area contributed by atoms with Crippen molar-refractivity contribution in [1.29, 1.82) is 0 Å². The monoisotopic (exact) mass is 278 g/mol. The Morgan fingerprint density at radius 3 is 3.05 bits per heavy atom. The molecule has 4 nitrogen and oxygen atoms in total. The summed E-state index contributed by atoms with van der Waals surface area (Å²) in [6, 6.07) is 4.83. The van der Waals surface area contributed by atoms with Crippen molar-refractivity contribution in [3.8, 4) is 5.75 Å². The van der Waals surface area contributed by atoms with Gasteiger partial charge in [-0.25, -0.2) is 4.39 Å². The van der Waals surface area contributed by atoms with Crippen molar-refractivity contribution in [2.75, 3.05) is 26.7 Å². The number of ether oxygens (including phenoxy) is 1. The van der Waals surface area contributed by atoms with Crippen LogP contribution in [-0.4, -0.2) is 43.6 Å². The summed E-state index contributed by atoms with van der Waals surface area (Å²) >= 11 is 0. The van der Waals surface area contributed by atoms with Crippen molar-refractivity contribution < 1.29 is 13.9 Å². The summed E-state index contributed by atoms with van der Waals surface area (Å²) in [5.74, 6) is 0.0108. The Bertz CT molecular complexity index is 507. The van der Waals surface area contributed by atoms with Crippen molar-refractivity contribution >= 4 is 5.91 Å². The van der Waals surface area contributed by atoms with Gasteiger partial charge in [0.25, 0.3) is 5.91 Å². The number of carbonyl (C=O) groups is 1. The molecule has 2 aliphatic rings. The van der Waals surface area contributed by atoms with Gasteiger partial charge < -0.3 is 15.0 Å². The number of nitrogens with one attached hydrogen (secondary N) is 1. The molecule has 0 bridgehead atoms. The number of nitrogens with zero attached hydrogens (tertiary/aromatic N) is 1. The maximum absolute atomic E-state index is 14.0. The Morgan fingerprint density at radius 2 is 2.30 bits per heavy atom. The van der Waals surface area contributed by atoms with Crippen LogP contribution in [0.15, 0.2) is 18.2 Å². The Kier molecular flexibility index (Phi) is 3.61. The van der Waals surface area contributed by atoms with Crippen LogP contribution in [0.25, 0.3) is 0 Å². The molecule has 0 unspecified atom stereocenters. The summed E-state index contributed by atoms with van der Waals surface area (Å²) < 4.78 is 19.1. The van der Waals surface area contributed by atoms with E-state index in [1.165, 1.54) is 13.2 Å². The van der Waals surface area contributed by atoms with Gasteiger partial charge in [-0.2, -0.15) is 0 Å². The molecule has 20 heavy (non-hydrogen) atoms. The molecule has 0 aliphatic carbocycles. The minimum atomic E-state index is -0.516. The molecule has 0 radical (unpaired) electrons. The van der Waals surface area contributed by atoms with Gasteiger partial charge in [-0.3, -0.25) is 4.79 Å². The summed E-state index contributed by atoms with van der Waals surface area (Å²) in [6.07, 6.45) is 2.28. The SMILES string of the molecule is COc1cccc(F)c1C(=O)N1C[C@@H]2CCCN[C@@H]2C1. The van der Waals surface area contributed by atoms with E-state index >= 15 is 0 Å². The van der Waals surface area contributed by atoms with Gasteiger partial charge in [0.15, 0.2) is 0 Å². The third-order valence-corrected chi connectivity index (χ3v) is 4.30. The lowest BCUT2D eigenvalue weighted by Gasteiger charge is -2.24. The van der Waals surface area contributed by atoms with E-state index in [1.54, 1.807) is 17.0 Å². The number of carbonyl (C=O) groups excluding carboxylic acids is 1. The van der Waals surface area contributed by atoms with E-state index in [-0.39, 0.29) is 11.5 Å². The van der Waals surface area contributed by atoms with Gasteiger partial charge in [-0.05, 0) is 37.4 Å². The molecule has 2 atom stereocenters. The van der Waals surface area contributed by atoms with Gasteiger partial charge >= 0.3 is 0 Å². The summed E-state index contributed by atoms with van der Waals surface area (Å²) in [5.41, 5.74) is 0.0497. The molecule has 0 spiro atoms. The highest BCUT2D eigenvalue weighted by Gasteiger charge is 2.37. The van der Waals surface area contributed by atoms with Crippen LogP contribution in [0.1, 0.15) is 23.2 Å². The molecule has 1 amide bonds. The first-order valence-electron chi connectivity index (χ1n) is 7.06. The molecule has 0 saturated carbocycles. The number of amides is 1. The highest BCUT2D eigenvalue weighted by Crippen LogP contribution is 2.29. The predicted octanol–water partition coefficient (Wildman–Crippen LogP) is 1.66. The topological polar surface area (TPSA) is 41.6 Å². The molecule has 0 aromatic heterocycles. The van der Waals surface area contributed by atoms with Crippen LogP contribution < -0.4 is 10.1 Å². The molecular formula is C15H19FN2O2. The number of halogens is 1. The van der Waals surface area contributed by atoms with E-state index in [9.17, 15) is 9.18 Å². The molecule has 2 fully saturated rings. The summed E-state index contributed by atoms with van der Waals surface area (Å²) in [7, 11) is 1.46. The summed E-state index contributed by atoms with van der Waals surface area (Å²) in [5, 5.41) is 3.44. The van der Waals surface area contributed by atoms with Crippen LogP contribution in [0.3, 0.4) is 0 Å². The Labute approximate surface area is 117 Å². The van der Waals surface area contributed by atoms with Crippen molar-refractivity contribution in [2.45, 2.75) is 18.9 Å². The van der Waals surface area contributed by atoms with Crippen molar-refractivity contribution in [3.05, 3.63) is 29.6 Å². The van der Waals surface area contributed by atoms with Crippen molar-refractivity contribution in [2.24, 2.45) is 5.92 Å². The zero-order chi connectivity index (χ0) is 14.1. The number of fused-ring (bicyclic) bond motifs is 1. The lowest BCUT2D eigenvalue weighted by Crippen LogP contribution is -2.41. The van der Waals surface area contributed by atoms with Gasteiger partial charge in [0.1, 0.15) is 17.1 Å². The molecule has 1 aromatic carbocycles. The molecular weight excluding hydrogens is 259 g/mol. The quantitative estimate of drug-likeness (QED) is 0.894. The minimum Gasteiger partial charge on any atom is -0.496 e. The van der Waals surface area contributed by atoms with Crippen molar-refractivity contribution in [3.63, 3.8) is 0 Å². The summed E-state index contributed by atoms with van der Waals surface area (Å²) in [6.45, 7) is 2.36. The van der Waals surface area contributed by atoms with Gasteiger partial charge in [-0.1, -0.05) is 6.07 Å².